The zero-order valence-corrected chi connectivity index (χ0v) is 11.4. The molecule has 0 aliphatic heterocycles. The summed E-state index contributed by atoms with van der Waals surface area (Å²) in [7, 11) is 0. The molecule has 94 valence electrons. The summed E-state index contributed by atoms with van der Waals surface area (Å²) in [6.07, 6.45) is 0. The summed E-state index contributed by atoms with van der Waals surface area (Å²) >= 11 is 3.34. The summed E-state index contributed by atoms with van der Waals surface area (Å²) in [6.45, 7) is 0. The second kappa shape index (κ2) is 4.85. The predicted molar refractivity (Wildman–Crippen MR) is 79.8 cm³/mol. The van der Waals surface area contributed by atoms with Crippen LogP contribution in [-0.2, 0) is 0 Å². The van der Waals surface area contributed by atoms with Crippen LogP contribution in [0.2, 0.25) is 0 Å². The van der Waals surface area contributed by atoms with E-state index in [4.69, 9.17) is 0 Å². The van der Waals surface area contributed by atoms with Crippen molar-refractivity contribution in [3.63, 3.8) is 0 Å². The minimum absolute atomic E-state index is 0.162. The number of para-hydroxylation sites is 1. The second-order valence-electron chi connectivity index (χ2n) is 4.07. The normalized spacial score (nSPS) is 10.6. The first-order valence-electron chi connectivity index (χ1n) is 5.74. The molecule has 0 saturated heterocycles. The van der Waals surface area contributed by atoms with Gasteiger partial charge < -0.3 is 5.32 Å². The molecule has 1 aromatic heterocycles. The number of nitrogens with one attached hydrogen (secondary N) is 2. The van der Waals surface area contributed by atoms with Gasteiger partial charge in [0, 0.05) is 10.2 Å². The van der Waals surface area contributed by atoms with Crippen LogP contribution in [0.4, 0.5) is 11.6 Å². The third-order valence-electron chi connectivity index (χ3n) is 2.70. The van der Waals surface area contributed by atoms with Gasteiger partial charge in [0.25, 0.3) is 5.56 Å². The topological polar surface area (TPSA) is 57.8 Å². The van der Waals surface area contributed by atoms with Crippen molar-refractivity contribution in [1.82, 2.24) is 9.97 Å². The monoisotopic (exact) mass is 315 g/mol. The van der Waals surface area contributed by atoms with E-state index in [9.17, 15) is 4.79 Å². The van der Waals surface area contributed by atoms with Gasteiger partial charge in [0.1, 0.15) is 0 Å². The predicted octanol–water partition coefficient (Wildman–Crippen LogP) is 3.43. The van der Waals surface area contributed by atoms with Crippen LogP contribution in [0.5, 0.6) is 0 Å². The Kier molecular flexibility index (Phi) is 3.05. The molecule has 2 N–H and O–H groups in total. The lowest BCUT2D eigenvalue weighted by molar-refractivity contribution is 1.17. The fraction of sp³-hybridized carbons (Fsp3) is 0. The molecule has 0 unspecified atom stereocenters. The average Bonchev–Trinajstić information content (AvgIpc) is 2.41. The molecule has 0 fully saturated rings. The molecular formula is C14H10BrN3O. The molecule has 0 amide bonds. The molecule has 4 nitrogen and oxygen atoms in total. The van der Waals surface area contributed by atoms with Gasteiger partial charge in [0.2, 0.25) is 5.95 Å². The largest absolute Gasteiger partial charge is 0.326 e. The molecular weight excluding hydrogens is 306 g/mol. The number of anilines is 2. The van der Waals surface area contributed by atoms with Gasteiger partial charge in [-0.15, -0.1) is 0 Å². The van der Waals surface area contributed by atoms with E-state index in [2.05, 4.69) is 31.2 Å². The number of nitrogens with zero attached hydrogens (tertiary/aromatic N) is 1. The molecule has 0 radical (unpaired) electrons. The number of hydrogen-bond acceptors (Lipinski definition) is 3. The van der Waals surface area contributed by atoms with Gasteiger partial charge in [-0.05, 0) is 30.3 Å². The Hall–Kier alpha value is -2.14. The Bertz CT molecular complexity index is 784. The highest BCUT2D eigenvalue weighted by atomic mass is 79.9. The Balaban J connectivity index is 2.07. The molecule has 0 spiro atoms. The number of aromatic nitrogens is 2. The lowest BCUT2D eigenvalue weighted by atomic mass is 10.2. The molecule has 0 aliphatic carbocycles. The van der Waals surface area contributed by atoms with E-state index in [1.165, 1.54) is 0 Å². The molecule has 3 rings (SSSR count). The maximum Gasteiger partial charge on any atom is 0.260 e. The summed E-state index contributed by atoms with van der Waals surface area (Å²) in [5, 5.41) is 3.64. The van der Waals surface area contributed by atoms with Crippen molar-refractivity contribution in [2.24, 2.45) is 0 Å². The van der Waals surface area contributed by atoms with Crippen molar-refractivity contribution < 1.29 is 0 Å². The van der Waals surface area contributed by atoms with Gasteiger partial charge >= 0.3 is 0 Å². The average molecular weight is 316 g/mol. The number of fused-ring (bicyclic) bond motifs is 1. The number of aromatic amines is 1. The molecule has 5 heteroatoms. The van der Waals surface area contributed by atoms with Gasteiger partial charge in [0.15, 0.2) is 0 Å². The Morgan fingerprint density at radius 3 is 2.68 bits per heavy atom. The van der Waals surface area contributed by atoms with Gasteiger partial charge in [-0.25, -0.2) is 4.98 Å². The molecule has 0 saturated carbocycles. The number of hydrogen-bond donors (Lipinski definition) is 2. The van der Waals surface area contributed by atoms with Crippen LogP contribution in [0, 0.1) is 0 Å². The van der Waals surface area contributed by atoms with Gasteiger partial charge in [-0.3, -0.25) is 9.78 Å². The highest BCUT2D eigenvalue weighted by molar-refractivity contribution is 9.10. The highest BCUT2D eigenvalue weighted by Crippen LogP contribution is 2.17. The maximum absolute atomic E-state index is 12.0. The third kappa shape index (κ3) is 2.51. The fourth-order valence-corrected chi connectivity index (χ4v) is 2.19. The maximum atomic E-state index is 12.0. The summed E-state index contributed by atoms with van der Waals surface area (Å²) < 4.78 is 0.857. The van der Waals surface area contributed by atoms with Crippen molar-refractivity contribution in [3.05, 3.63) is 63.4 Å². The molecule has 0 atom stereocenters. The number of H-pyrrole nitrogens is 1. The first kappa shape index (κ1) is 11.9. The van der Waals surface area contributed by atoms with Crippen molar-refractivity contribution in [2.45, 2.75) is 0 Å². The third-order valence-corrected chi connectivity index (χ3v) is 3.20. The lowest BCUT2D eigenvalue weighted by Crippen LogP contribution is -2.11. The van der Waals surface area contributed by atoms with E-state index >= 15 is 0 Å². The quantitative estimate of drug-likeness (QED) is 0.761. The molecule has 0 aliphatic rings. The number of halogens is 1. The summed E-state index contributed by atoms with van der Waals surface area (Å²) in [4.78, 5) is 19.1. The van der Waals surface area contributed by atoms with Crippen LogP contribution < -0.4 is 10.9 Å². The van der Waals surface area contributed by atoms with Crippen molar-refractivity contribution in [3.8, 4) is 0 Å². The molecule has 2 aromatic carbocycles. The highest BCUT2D eigenvalue weighted by Gasteiger charge is 2.04. The minimum Gasteiger partial charge on any atom is -0.326 e. The first-order valence-corrected chi connectivity index (χ1v) is 6.53. The molecule has 1 heterocycles. The second-order valence-corrected chi connectivity index (χ2v) is 4.98. The number of benzene rings is 2. The fourth-order valence-electron chi connectivity index (χ4n) is 1.83. The van der Waals surface area contributed by atoms with E-state index < -0.39 is 0 Å². The standard InChI is InChI=1S/C14H10BrN3O/c15-9-6-7-12-11(8-9)13(19)18-14(17-12)16-10-4-2-1-3-5-10/h1-8H,(H2,16,17,18,19). The van der Waals surface area contributed by atoms with Crippen LogP contribution in [0.3, 0.4) is 0 Å². The SMILES string of the molecule is O=c1[nH]c(Nc2ccccc2)nc2ccc(Br)cc12. The zero-order chi connectivity index (χ0) is 13.2. The summed E-state index contributed by atoms with van der Waals surface area (Å²) in [5.74, 6) is 0.436. The zero-order valence-electron chi connectivity index (χ0n) is 9.85. The van der Waals surface area contributed by atoms with Crippen LogP contribution in [0.15, 0.2) is 57.8 Å². The van der Waals surface area contributed by atoms with Gasteiger partial charge in [-0.2, -0.15) is 0 Å². The van der Waals surface area contributed by atoms with E-state index in [1.807, 2.05) is 42.5 Å². The van der Waals surface area contributed by atoms with Crippen molar-refractivity contribution >= 4 is 38.5 Å². The van der Waals surface area contributed by atoms with E-state index in [-0.39, 0.29) is 5.56 Å². The first-order chi connectivity index (χ1) is 9.22. The Labute approximate surface area is 117 Å². The van der Waals surface area contributed by atoms with Crippen LogP contribution in [-0.4, -0.2) is 9.97 Å². The van der Waals surface area contributed by atoms with Crippen LogP contribution in [0.1, 0.15) is 0 Å². The smallest absolute Gasteiger partial charge is 0.260 e. The van der Waals surface area contributed by atoms with Gasteiger partial charge in [0.05, 0.1) is 10.9 Å². The van der Waals surface area contributed by atoms with Gasteiger partial charge in [-0.1, -0.05) is 34.1 Å². The lowest BCUT2D eigenvalue weighted by Gasteiger charge is -2.06. The Morgan fingerprint density at radius 2 is 1.89 bits per heavy atom. The van der Waals surface area contributed by atoms with E-state index in [0.29, 0.717) is 16.9 Å². The van der Waals surface area contributed by atoms with E-state index in [0.717, 1.165) is 10.2 Å². The summed E-state index contributed by atoms with van der Waals surface area (Å²) in [5.41, 5.74) is 1.37. The van der Waals surface area contributed by atoms with E-state index in [1.54, 1.807) is 6.07 Å². The van der Waals surface area contributed by atoms with Crippen molar-refractivity contribution in [1.29, 1.82) is 0 Å². The molecule has 19 heavy (non-hydrogen) atoms. The van der Waals surface area contributed by atoms with Crippen LogP contribution in [0.25, 0.3) is 10.9 Å². The Morgan fingerprint density at radius 1 is 1.11 bits per heavy atom. The molecule has 3 aromatic rings. The minimum atomic E-state index is -0.162. The van der Waals surface area contributed by atoms with Crippen LogP contribution >= 0.6 is 15.9 Å². The summed E-state index contributed by atoms with van der Waals surface area (Å²) in [6, 6.07) is 15.0. The van der Waals surface area contributed by atoms with Crippen molar-refractivity contribution in [2.75, 3.05) is 5.32 Å². The number of rotatable bonds is 2. The molecule has 0 bridgehead atoms.